The summed E-state index contributed by atoms with van der Waals surface area (Å²) in [5.41, 5.74) is 3.02. The molecule has 0 aromatic heterocycles. The number of methoxy groups -OCH3 is 1. The Morgan fingerprint density at radius 1 is 1.06 bits per heavy atom. The first-order valence-electron chi connectivity index (χ1n) is 11.1. The third-order valence-electron chi connectivity index (χ3n) is 6.09. The topological polar surface area (TPSA) is 78.9 Å². The Balaban J connectivity index is 1.52. The van der Waals surface area contributed by atoms with Crippen LogP contribution in [-0.2, 0) is 16.4 Å². The summed E-state index contributed by atoms with van der Waals surface area (Å²) in [4.78, 5) is 15.1. The Bertz CT molecular complexity index is 1290. The van der Waals surface area contributed by atoms with E-state index < -0.39 is 10.0 Å². The Morgan fingerprint density at radius 3 is 2.59 bits per heavy atom. The molecule has 0 bridgehead atoms. The number of hydrogen-bond donors (Lipinski definition) is 1. The lowest BCUT2D eigenvalue weighted by Crippen LogP contribution is -2.34. The van der Waals surface area contributed by atoms with Gasteiger partial charge in [0.15, 0.2) is 0 Å². The van der Waals surface area contributed by atoms with Gasteiger partial charge in [-0.3, -0.25) is 9.10 Å². The monoisotopic (exact) mass is 479 g/mol. The first-order chi connectivity index (χ1) is 16.3. The van der Waals surface area contributed by atoms with E-state index in [9.17, 15) is 13.2 Å². The van der Waals surface area contributed by atoms with Crippen LogP contribution in [-0.4, -0.2) is 53.5 Å². The van der Waals surface area contributed by atoms with Gasteiger partial charge in [-0.2, -0.15) is 0 Å². The number of nitrogens with zero attached hydrogens (tertiary/aromatic N) is 2. The molecule has 0 aliphatic carbocycles. The predicted molar refractivity (Wildman–Crippen MR) is 133 cm³/mol. The number of para-hydroxylation sites is 1. The van der Waals surface area contributed by atoms with Gasteiger partial charge in [0.2, 0.25) is 0 Å². The van der Waals surface area contributed by atoms with Gasteiger partial charge in [-0.05, 0) is 68.0 Å². The van der Waals surface area contributed by atoms with Crippen molar-refractivity contribution in [1.29, 1.82) is 0 Å². The number of amides is 1. The zero-order chi connectivity index (χ0) is 24.3. The van der Waals surface area contributed by atoms with Gasteiger partial charge in [0, 0.05) is 18.7 Å². The Morgan fingerprint density at radius 2 is 1.82 bits per heavy atom. The summed E-state index contributed by atoms with van der Waals surface area (Å²) >= 11 is 0. The summed E-state index contributed by atoms with van der Waals surface area (Å²) in [7, 11) is 1.73. The number of likely N-dealkylation sites (N-methyl/N-ethyl adjacent to an activating group) is 1. The molecule has 0 saturated carbocycles. The van der Waals surface area contributed by atoms with E-state index in [1.807, 2.05) is 67.5 Å². The zero-order valence-corrected chi connectivity index (χ0v) is 20.4. The number of carbonyl (C=O) groups is 1. The molecule has 178 valence electrons. The summed E-state index contributed by atoms with van der Waals surface area (Å²) in [6.07, 6.45) is 0.672. The van der Waals surface area contributed by atoms with Crippen molar-refractivity contribution in [1.82, 2.24) is 10.2 Å². The summed E-state index contributed by atoms with van der Waals surface area (Å²) in [5.74, 6) is 0.422. The lowest BCUT2D eigenvalue weighted by molar-refractivity contribution is 0.0941. The maximum absolute atomic E-state index is 13.3. The number of benzene rings is 3. The quantitative estimate of drug-likeness (QED) is 0.535. The van der Waals surface area contributed by atoms with Crippen LogP contribution >= 0.6 is 0 Å². The Hall–Kier alpha value is -3.36. The minimum atomic E-state index is -3.77. The molecule has 8 heteroatoms. The van der Waals surface area contributed by atoms with Crippen LogP contribution in [0.15, 0.2) is 77.7 Å². The Kier molecular flexibility index (Phi) is 6.90. The molecule has 0 spiro atoms. The lowest BCUT2D eigenvalue weighted by Gasteiger charge is -2.25. The van der Waals surface area contributed by atoms with Gasteiger partial charge in [-0.15, -0.1) is 0 Å². The minimum Gasteiger partial charge on any atom is -0.497 e. The molecular weight excluding hydrogens is 450 g/mol. The van der Waals surface area contributed by atoms with E-state index in [0.29, 0.717) is 30.8 Å². The van der Waals surface area contributed by atoms with E-state index in [1.54, 1.807) is 19.2 Å². The van der Waals surface area contributed by atoms with Gasteiger partial charge in [-0.1, -0.05) is 36.4 Å². The van der Waals surface area contributed by atoms with E-state index in [-0.39, 0.29) is 16.8 Å². The van der Waals surface area contributed by atoms with Crippen molar-refractivity contribution in [2.75, 3.05) is 38.6 Å². The van der Waals surface area contributed by atoms with Gasteiger partial charge in [0.1, 0.15) is 5.75 Å². The molecule has 1 atom stereocenters. The molecule has 3 aromatic carbocycles. The third kappa shape index (κ3) is 4.78. The van der Waals surface area contributed by atoms with Gasteiger partial charge in [0.05, 0.1) is 23.7 Å². The molecule has 1 N–H and O–H groups in total. The van der Waals surface area contributed by atoms with E-state index in [4.69, 9.17) is 4.74 Å². The van der Waals surface area contributed by atoms with Crippen LogP contribution in [0.5, 0.6) is 5.75 Å². The molecule has 0 unspecified atom stereocenters. The number of anilines is 1. The van der Waals surface area contributed by atoms with Gasteiger partial charge in [-0.25, -0.2) is 8.42 Å². The number of carbonyl (C=O) groups excluding carboxylic acids is 1. The van der Waals surface area contributed by atoms with Crippen LogP contribution in [0.3, 0.4) is 0 Å². The molecule has 3 aromatic rings. The number of fused-ring (bicyclic) bond motifs is 1. The molecule has 0 fully saturated rings. The van der Waals surface area contributed by atoms with Crippen molar-refractivity contribution < 1.29 is 17.9 Å². The maximum atomic E-state index is 13.3. The second-order valence-corrected chi connectivity index (χ2v) is 10.3. The second-order valence-electron chi connectivity index (χ2n) is 8.45. The number of sulfonamides is 1. The molecule has 0 radical (unpaired) electrons. The number of ether oxygens (including phenoxy) is 1. The van der Waals surface area contributed by atoms with Crippen molar-refractivity contribution in [3.63, 3.8) is 0 Å². The molecule has 1 aliphatic heterocycles. The maximum Gasteiger partial charge on any atom is 0.264 e. The highest BCUT2D eigenvalue weighted by molar-refractivity contribution is 7.92. The fraction of sp³-hybridized carbons (Fsp3) is 0.269. The van der Waals surface area contributed by atoms with Crippen molar-refractivity contribution in [2.24, 2.45) is 0 Å². The fourth-order valence-corrected chi connectivity index (χ4v) is 5.77. The standard InChI is InChI=1S/C26H29N3O4S/c1-28(2)25(20-9-6-11-22(16-20)33-3)18-27-26(30)21-10-7-12-23(17-21)34(31,32)29-15-14-19-8-4-5-13-24(19)29/h4-13,16-17,25H,14-15,18H2,1-3H3,(H,27,30)/t25-/m0/s1. The average Bonchev–Trinajstić information content (AvgIpc) is 3.29. The minimum absolute atomic E-state index is 0.0768. The first kappa shape index (κ1) is 23.8. The summed E-state index contributed by atoms with van der Waals surface area (Å²) < 4.78 is 33.4. The SMILES string of the molecule is COc1cccc([C@H](CNC(=O)c2cccc(S(=O)(=O)N3CCc4ccccc43)c2)N(C)C)c1. The smallest absolute Gasteiger partial charge is 0.264 e. The number of nitrogens with one attached hydrogen (secondary N) is 1. The second kappa shape index (κ2) is 9.87. The fourth-order valence-electron chi connectivity index (χ4n) is 4.22. The van der Waals surface area contributed by atoms with Crippen molar-refractivity contribution in [2.45, 2.75) is 17.4 Å². The van der Waals surface area contributed by atoms with Crippen molar-refractivity contribution >= 4 is 21.6 Å². The van der Waals surface area contributed by atoms with E-state index in [1.165, 1.54) is 16.4 Å². The van der Waals surface area contributed by atoms with Crippen LogP contribution in [0.4, 0.5) is 5.69 Å². The van der Waals surface area contributed by atoms with Gasteiger partial charge in [0.25, 0.3) is 15.9 Å². The molecule has 1 amide bonds. The average molecular weight is 480 g/mol. The van der Waals surface area contributed by atoms with Crippen LogP contribution < -0.4 is 14.4 Å². The normalized spacial score (nSPS) is 14.1. The highest BCUT2D eigenvalue weighted by atomic mass is 32.2. The van der Waals surface area contributed by atoms with Crippen molar-refractivity contribution in [3.8, 4) is 5.75 Å². The summed E-state index contributed by atoms with van der Waals surface area (Å²) in [5, 5.41) is 2.95. The highest BCUT2D eigenvalue weighted by Gasteiger charge is 2.31. The van der Waals surface area contributed by atoms with Gasteiger partial charge >= 0.3 is 0 Å². The number of rotatable bonds is 8. The lowest BCUT2D eigenvalue weighted by atomic mass is 10.1. The van der Waals surface area contributed by atoms with E-state index >= 15 is 0 Å². The molecule has 1 heterocycles. The summed E-state index contributed by atoms with van der Waals surface area (Å²) in [6, 6.07) is 21.4. The van der Waals surface area contributed by atoms with E-state index in [2.05, 4.69) is 5.32 Å². The first-order valence-corrected chi connectivity index (χ1v) is 12.5. The zero-order valence-electron chi connectivity index (χ0n) is 19.6. The van der Waals surface area contributed by atoms with Crippen LogP contribution in [0.1, 0.15) is 27.5 Å². The van der Waals surface area contributed by atoms with Crippen LogP contribution in [0.25, 0.3) is 0 Å². The molecule has 4 rings (SSSR count). The van der Waals surface area contributed by atoms with Crippen LogP contribution in [0.2, 0.25) is 0 Å². The molecule has 0 saturated heterocycles. The third-order valence-corrected chi connectivity index (χ3v) is 7.90. The Labute approximate surface area is 201 Å². The molecule has 1 aliphatic rings. The van der Waals surface area contributed by atoms with Crippen LogP contribution in [0, 0.1) is 0 Å². The molecular formula is C26H29N3O4S. The molecule has 7 nitrogen and oxygen atoms in total. The largest absolute Gasteiger partial charge is 0.497 e. The summed E-state index contributed by atoms with van der Waals surface area (Å²) in [6.45, 7) is 0.749. The van der Waals surface area contributed by atoms with Crippen molar-refractivity contribution in [3.05, 3.63) is 89.5 Å². The predicted octanol–water partition coefficient (Wildman–Crippen LogP) is 3.48. The number of hydrogen-bond acceptors (Lipinski definition) is 5. The highest BCUT2D eigenvalue weighted by Crippen LogP contribution is 2.32. The van der Waals surface area contributed by atoms with Gasteiger partial charge < -0.3 is 15.0 Å². The molecule has 34 heavy (non-hydrogen) atoms. The van der Waals surface area contributed by atoms with E-state index in [0.717, 1.165) is 16.9 Å².